The van der Waals surface area contributed by atoms with Crippen molar-refractivity contribution in [3.63, 3.8) is 0 Å². The second-order valence-corrected chi connectivity index (χ2v) is 10.3. The van der Waals surface area contributed by atoms with Gasteiger partial charge < -0.3 is 35.4 Å². The molecule has 0 spiro atoms. The lowest BCUT2D eigenvalue weighted by Gasteiger charge is -2.11. The molecule has 9 heteroatoms. The van der Waals surface area contributed by atoms with E-state index in [-0.39, 0.29) is 0 Å². The van der Waals surface area contributed by atoms with Crippen molar-refractivity contribution in [2.75, 3.05) is 39.9 Å². The van der Waals surface area contributed by atoms with Crippen LogP contribution in [0.25, 0.3) is 28.0 Å². The van der Waals surface area contributed by atoms with Crippen LogP contribution in [0.5, 0.6) is 23.0 Å². The van der Waals surface area contributed by atoms with Gasteiger partial charge in [-0.3, -0.25) is 0 Å². The fraction of sp³-hybridized carbons (Fsp3) is 0.200. The molecule has 0 fully saturated rings. The molecule has 1 aliphatic rings. The topological polar surface area (TPSA) is 129 Å². The number of ether oxygens (including phenoxy) is 4. The number of methoxy groups -OCH3 is 4. The van der Waals surface area contributed by atoms with Gasteiger partial charge in [0.05, 0.1) is 34.2 Å². The predicted molar refractivity (Wildman–Crippen MR) is 204 cm³/mol. The Hall–Kier alpha value is -5.96. The third kappa shape index (κ3) is 7.96. The first-order valence-electron chi connectivity index (χ1n) is 16.2. The molecule has 0 unspecified atom stereocenters. The molecule has 0 aliphatic carbocycles. The monoisotopic (exact) mass is 659 g/mol. The highest BCUT2D eigenvalue weighted by Gasteiger charge is 2.23. The van der Waals surface area contributed by atoms with E-state index in [1.807, 2.05) is 119 Å². The normalized spacial score (nSPS) is 12.5. The Bertz CT molecular complexity index is 1960. The van der Waals surface area contributed by atoms with Gasteiger partial charge in [0.1, 0.15) is 5.82 Å². The molecule has 6 rings (SSSR count). The minimum Gasteiger partial charge on any atom is -0.493 e. The lowest BCUT2D eigenvalue weighted by molar-refractivity contribution is 0.355. The Kier molecular flexibility index (Phi) is 12.3. The molecule has 0 bridgehead atoms. The fourth-order valence-electron chi connectivity index (χ4n) is 5.19. The third-order valence-corrected chi connectivity index (χ3v) is 7.58. The number of nitrogens with one attached hydrogen (secondary N) is 1. The van der Waals surface area contributed by atoms with Gasteiger partial charge >= 0.3 is 0 Å². The first kappa shape index (κ1) is 35.9. The number of hydrogen-bond acceptors (Lipinski definition) is 7. The fourth-order valence-corrected chi connectivity index (χ4v) is 5.19. The lowest BCUT2D eigenvalue weighted by Crippen LogP contribution is -1.98. The molecule has 5 aromatic rings. The van der Waals surface area contributed by atoms with Crippen LogP contribution < -0.4 is 30.4 Å². The molecule has 5 N–H and O–H groups in total. The van der Waals surface area contributed by atoms with E-state index in [1.165, 1.54) is 0 Å². The highest BCUT2D eigenvalue weighted by atomic mass is 16.5. The Morgan fingerprint density at radius 3 is 1.55 bits per heavy atom. The number of aliphatic imine (C=N–C) groups is 2. The number of rotatable bonds is 9. The summed E-state index contributed by atoms with van der Waals surface area (Å²) < 4.78 is 22.2. The second kappa shape index (κ2) is 16.7. The average Bonchev–Trinajstić information content (AvgIpc) is 3.78. The maximum absolute atomic E-state index is 5.98. The van der Waals surface area contributed by atoms with Crippen molar-refractivity contribution in [3.8, 4) is 45.4 Å². The van der Waals surface area contributed by atoms with Gasteiger partial charge in [-0.1, -0.05) is 64.1 Å². The smallest absolute Gasteiger partial charge is 0.162 e. The summed E-state index contributed by atoms with van der Waals surface area (Å²) in [5.74, 6) is 3.63. The first-order valence-corrected chi connectivity index (χ1v) is 16.2. The number of allylic oxidation sites excluding steroid dienone is 1. The van der Waals surface area contributed by atoms with Gasteiger partial charge in [-0.25, -0.2) is 9.98 Å². The van der Waals surface area contributed by atoms with Crippen molar-refractivity contribution in [1.29, 1.82) is 0 Å². The lowest BCUT2D eigenvalue weighted by atomic mass is 10.0. The quantitative estimate of drug-likeness (QED) is 0.135. The summed E-state index contributed by atoms with van der Waals surface area (Å²) in [6.07, 6.45) is 2.02. The standard InChI is InChI=1S/C36H33N5O4.2C2H6/c1-42-31-15-9-23(17-33(31)44-3)27-19-29(21-5-11-25(37)12-6-21)39-35(27)41-36-28(24-10-16-32(43-2)34(18-24)45-4)20-30(40-36)22-7-13-26(38)14-8-22;2*1-2/h5-20,39H,37-38H2,1-4H3;2*1-2H3/b41-36-;;. The average molecular weight is 660 g/mol. The van der Waals surface area contributed by atoms with Crippen molar-refractivity contribution in [2.45, 2.75) is 27.7 Å². The number of anilines is 2. The minimum absolute atomic E-state index is 0.529. The molecule has 9 nitrogen and oxygen atoms in total. The number of nitrogen functional groups attached to an aromatic ring is 2. The van der Waals surface area contributed by atoms with Crippen LogP contribution in [0.1, 0.15) is 38.8 Å². The largest absolute Gasteiger partial charge is 0.493 e. The van der Waals surface area contributed by atoms with Gasteiger partial charge in [-0.05, 0) is 77.4 Å². The molecule has 2 heterocycles. The highest BCUT2D eigenvalue weighted by Crippen LogP contribution is 2.40. The molecular weight excluding hydrogens is 614 g/mol. The van der Waals surface area contributed by atoms with E-state index in [9.17, 15) is 0 Å². The SMILES string of the molecule is CC.CC.COc1ccc(C2=CC(c3ccc(N)cc3)=N/C2=N\c2[nH]c(-c3ccc(N)cc3)cc2-c2ccc(OC)c(OC)c2)cc1OC. The maximum atomic E-state index is 5.98. The molecule has 254 valence electrons. The van der Waals surface area contributed by atoms with Crippen LogP contribution in [0.3, 0.4) is 0 Å². The number of nitrogens with two attached hydrogens (primary N) is 2. The molecule has 4 aromatic carbocycles. The zero-order chi connectivity index (χ0) is 35.5. The van der Waals surface area contributed by atoms with E-state index >= 15 is 0 Å². The van der Waals surface area contributed by atoms with Gasteiger partial charge in [0, 0.05) is 33.8 Å². The Balaban J connectivity index is 0.00000130. The van der Waals surface area contributed by atoms with E-state index in [4.69, 9.17) is 40.4 Å². The predicted octanol–water partition coefficient (Wildman–Crippen LogP) is 9.22. The summed E-state index contributed by atoms with van der Waals surface area (Å²) in [6.45, 7) is 8.00. The van der Waals surface area contributed by atoms with Gasteiger partial charge in [-0.15, -0.1) is 0 Å². The van der Waals surface area contributed by atoms with Gasteiger partial charge in [-0.2, -0.15) is 0 Å². The summed E-state index contributed by atoms with van der Waals surface area (Å²) >= 11 is 0. The number of nitrogens with zero attached hydrogens (tertiary/aromatic N) is 2. The van der Waals surface area contributed by atoms with E-state index in [0.29, 0.717) is 46.0 Å². The zero-order valence-electron chi connectivity index (χ0n) is 29.4. The van der Waals surface area contributed by atoms with Crippen molar-refractivity contribution in [2.24, 2.45) is 9.98 Å². The molecule has 1 aromatic heterocycles. The number of aromatic nitrogens is 1. The Labute approximate surface area is 288 Å². The number of amidine groups is 1. The first-order chi connectivity index (χ1) is 23.9. The van der Waals surface area contributed by atoms with Crippen LogP contribution in [0, 0.1) is 0 Å². The molecule has 0 saturated heterocycles. The summed E-state index contributed by atoms with van der Waals surface area (Å²) in [7, 11) is 6.46. The van der Waals surface area contributed by atoms with Crippen molar-refractivity contribution < 1.29 is 18.9 Å². The number of aromatic amines is 1. The van der Waals surface area contributed by atoms with Gasteiger partial charge in [0.2, 0.25) is 0 Å². The van der Waals surface area contributed by atoms with Crippen molar-refractivity contribution >= 4 is 34.3 Å². The summed E-state index contributed by atoms with van der Waals surface area (Å²) in [5, 5.41) is 0. The van der Waals surface area contributed by atoms with E-state index < -0.39 is 0 Å². The van der Waals surface area contributed by atoms with E-state index in [2.05, 4.69) is 11.1 Å². The molecule has 0 amide bonds. The van der Waals surface area contributed by atoms with Crippen LogP contribution in [0.2, 0.25) is 0 Å². The number of benzene rings is 4. The second-order valence-electron chi connectivity index (χ2n) is 10.3. The zero-order valence-corrected chi connectivity index (χ0v) is 29.4. The summed E-state index contributed by atoms with van der Waals surface area (Å²) in [5.41, 5.74) is 20.3. The number of hydrogen-bond donors (Lipinski definition) is 3. The van der Waals surface area contributed by atoms with Crippen LogP contribution in [0.15, 0.2) is 107 Å². The van der Waals surface area contributed by atoms with Gasteiger partial charge in [0.15, 0.2) is 28.8 Å². The maximum Gasteiger partial charge on any atom is 0.162 e. The molecule has 49 heavy (non-hydrogen) atoms. The van der Waals surface area contributed by atoms with Crippen LogP contribution >= 0.6 is 0 Å². The van der Waals surface area contributed by atoms with E-state index in [1.54, 1.807) is 28.4 Å². The Morgan fingerprint density at radius 2 is 1.02 bits per heavy atom. The van der Waals surface area contributed by atoms with Gasteiger partial charge in [0.25, 0.3) is 0 Å². The summed E-state index contributed by atoms with van der Waals surface area (Å²) in [6, 6.07) is 28.9. The molecule has 1 aliphatic heterocycles. The number of H-pyrrole nitrogens is 1. The van der Waals surface area contributed by atoms with Crippen molar-refractivity contribution in [3.05, 3.63) is 108 Å². The molecule has 0 saturated carbocycles. The van der Waals surface area contributed by atoms with E-state index in [0.717, 1.165) is 44.8 Å². The Morgan fingerprint density at radius 1 is 0.551 bits per heavy atom. The summed E-state index contributed by atoms with van der Waals surface area (Å²) in [4.78, 5) is 13.7. The molecule has 0 radical (unpaired) electrons. The van der Waals surface area contributed by atoms with Crippen molar-refractivity contribution in [1.82, 2.24) is 4.98 Å². The van der Waals surface area contributed by atoms with Crippen LogP contribution in [0.4, 0.5) is 17.2 Å². The molecular formula is C40H45N5O4. The third-order valence-electron chi connectivity index (χ3n) is 7.58. The minimum atomic E-state index is 0.529. The highest BCUT2D eigenvalue weighted by molar-refractivity contribution is 6.38. The van der Waals surface area contributed by atoms with Crippen LogP contribution in [-0.2, 0) is 0 Å². The molecule has 0 atom stereocenters. The van der Waals surface area contributed by atoms with Crippen LogP contribution in [-0.4, -0.2) is 45.0 Å².